The molecule has 0 aromatic heterocycles. The highest BCUT2D eigenvalue weighted by molar-refractivity contribution is 14.0. The highest BCUT2D eigenvalue weighted by atomic mass is 127. The van der Waals surface area contributed by atoms with Crippen LogP contribution in [0.25, 0.3) is 0 Å². The van der Waals surface area contributed by atoms with Crippen molar-refractivity contribution in [3.63, 3.8) is 0 Å². The van der Waals surface area contributed by atoms with E-state index in [4.69, 9.17) is 19.2 Å². The van der Waals surface area contributed by atoms with E-state index >= 15 is 0 Å². The molecule has 7 heteroatoms. The average Bonchev–Trinajstić information content (AvgIpc) is 2.69. The van der Waals surface area contributed by atoms with Crippen LogP contribution < -0.4 is 10.1 Å². The summed E-state index contributed by atoms with van der Waals surface area (Å²) in [7, 11) is 3.42. The lowest BCUT2D eigenvalue weighted by Crippen LogP contribution is -2.47. The fourth-order valence-electron chi connectivity index (χ4n) is 3.05. The van der Waals surface area contributed by atoms with E-state index in [1.807, 2.05) is 18.2 Å². The largest absolute Gasteiger partial charge is 0.497 e. The zero-order chi connectivity index (χ0) is 18.6. The minimum absolute atomic E-state index is 0. The van der Waals surface area contributed by atoms with Gasteiger partial charge >= 0.3 is 0 Å². The number of ether oxygens (including phenoxy) is 3. The topological polar surface area (TPSA) is 55.3 Å². The van der Waals surface area contributed by atoms with Crippen LogP contribution in [0.4, 0.5) is 0 Å². The number of likely N-dealkylation sites (tertiary alicyclic amines) is 1. The molecule has 1 fully saturated rings. The quantitative estimate of drug-likeness (QED) is 0.249. The molecule has 27 heavy (non-hydrogen) atoms. The summed E-state index contributed by atoms with van der Waals surface area (Å²) in [6.45, 7) is 7.10. The van der Waals surface area contributed by atoms with Gasteiger partial charge in [-0.05, 0) is 43.9 Å². The summed E-state index contributed by atoms with van der Waals surface area (Å²) in [4.78, 5) is 7.14. The third-order valence-corrected chi connectivity index (χ3v) is 4.47. The van der Waals surface area contributed by atoms with Gasteiger partial charge in [-0.2, -0.15) is 0 Å². The monoisotopic (exact) mass is 491 g/mol. The van der Waals surface area contributed by atoms with Gasteiger partial charge in [-0.1, -0.05) is 12.1 Å². The van der Waals surface area contributed by atoms with E-state index in [1.165, 1.54) is 0 Å². The van der Waals surface area contributed by atoms with E-state index in [0.29, 0.717) is 12.6 Å². The van der Waals surface area contributed by atoms with Gasteiger partial charge in [-0.3, -0.25) is 0 Å². The van der Waals surface area contributed by atoms with Crippen LogP contribution in [0, 0.1) is 0 Å². The number of piperidine rings is 1. The number of halogens is 1. The Bertz CT molecular complexity index is 549. The number of hydrogen-bond donors (Lipinski definition) is 1. The summed E-state index contributed by atoms with van der Waals surface area (Å²) in [5.74, 6) is 1.85. The number of benzene rings is 1. The van der Waals surface area contributed by atoms with Crippen molar-refractivity contribution in [3.05, 3.63) is 29.8 Å². The van der Waals surface area contributed by atoms with Crippen LogP contribution in [-0.4, -0.2) is 64.0 Å². The molecule has 2 rings (SSSR count). The Hall–Kier alpha value is -1.06. The molecule has 0 unspecified atom stereocenters. The fourth-order valence-corrected chi connectivity index (χ4v) is 3.05. The van der Waals surface area contributed by atoms with Gasteiger partial charge in [-0.25, -0.2) is 4.99 Å². The van der Waals surface area contributed by atoms with Crippen LogP contribution in [0.3, 0.4) is 0 Å². The molecule has 0 radical (unpaired) electrons. The van der Waals surface area contributed by atoms with Gasteiger partial charge in [0.1, 0.15) is 5.75 Å². The van der Waals surface area contributed by atoms with Gasteiger partial charge in [-0.15, -0.1) is 24.0 Å². The lowest BCUT2D eigenvalue weighted by atomic mass is 10.1. The molecule has 1 aliphatic rings. The highest BCUT2D eigenvalue weighted by Gasteiger charge is 2.21. The van der Waals surface area contributed by atoms with Gasteiger partial charge in [0.15, 0.2) is 5.96 Å². The predicted octanol–water partition coefficient (Wildman–Crippen LogP) is 3.30. The van der Waals surface area contributed by atoms with Crippen LogP contribution in [0.1, 0.15) is 31.7 Å². The van der Waals surface area contributed by atoms with Crippen molar-refractivity contribution in [2.24, 2.45) is 4.99 Å². The molecule has 0 aliphatic carbocycles. The van der Waals surface area contributed by atoms with Gasteiger partial charge in [0.2, 0.25) is 0 Å². The molecule has 0 atom stereocenters. The maximum atomic E-state index is 5.95. The Morgan fingerprint density at radius 1 is 1.22 bits per heavy atom. The number of nitrogens with zero attached hydrogens (tertiary/aromatic N) is 2. The van der Waals surface area contributed by atoms with Gasteiger partial charge in [0.05, 0.1) is 19.8 Å². The minimum Gasteiger partial charge on any atom is -0.497 e. The SMILES string of the molecule is CCNC(=NCc1cccc(OC)c1)N1CCC(OCCCOC)CC1.I. The smallest absolute Gasteiger partial charge is 0.194 e. The molecular weight excluding hydrogens is 457 g/mol. The minimum atomic E-state index is 0. The number of guanidine groups is 1. The van der Waals surface area contributed by atoms with Crippen LogP contribution in [0.2, 0.25) is 0 Å². The van der Waals surface area contributed by atoms with Crippen molar-refractivity contribution < 1.29 is 14.2 Å². The number of methoxy groups -OCH3 is 2. The third kappa shape index (κ3) is 8.66. The Kier molecular flexibility index (Phi) is 12.4. The molecular formula is C20H34IN3O3. The average molecular weight is 491 g/mol. The molecule has 0 bridgehead atoms. The van der Waals surface area contributed by atoms with Gasteiger partial charge in [0.25, 0.3) is 0 Å². The summed E-state index contributed by atoms with van der Waals surface area (Å²) < 4.78 is 16.3. The van der Waals surface area contributed by atoms with Gasteiger partial charge < -0.3 is 24.4 Å². The van der Waals surface area contributed by atoms with Crippen molar-refractivity contribution in [2.75, 3.05) is 47.1 Å². The van der Waals surface area contributed by atoms with E-state index in [1.54, 1.807) is 14.2 Å². The first-order chi connectivity index (χ1) is 12.8. The van der Waals surface area contributed by atoms with Crippen LogP contribution >= 0.6 is 24.0 Å². The van der Waals surface area contributed by atoms with E-state index in [0.717, 1.165) is 69.4 Å². The Labute approximate surface area is 180 Å². The summed E-state index contributed by atoms with van der Waals surface area (Å²) in [5.41, 5.74) is 1.15. The lowest BCUT2D eigenvalue weighted by molar-refractivity contribution is 0.00990. The van der Waals surface area contributed by atoms with E-state index < -0.39 is 0 Å². The molecule has 1 N–H and O–H groups in total. The molecule has 1 saturated heterocycles. The van der Waals surface area contributed by atoms with E-state index in [9.17, 15) is 0 Å². The number of hydrogen-bond acceptors (Lipinski definition) is 4. The molecule has 1 aliphatic heterocycles. The first kappa shape index (κ1) is 24.0. The second kappa shape index (κ2) is 14.0. The molecule has 1 aromatic carbocycles. The zero-order valence-electron chi connectivity index (χ0n) is 16.8. The Morgan fingerprint density at radius 3 is 2.67 bits per heavy atom. The lowest BCUT2D eigenvalue weighted by Gasteiger charge is -2.34. The van der Waals surface area contributed by atoms with Crippen molar-refractivity contribution >= 4 is 29.9 Å². The maximum Gasteiger partial charge on any atom is 0.194 e. The fraction of sp³-hybridized carbons (Fsp3) is 0.650. The van der Waals surface area contributed by atoms with Gasteiger partial charge in [0, 0.05) is 40.0 Å². The second-order valence-electron chi connectivity index (χ2n) is 6.43. The van der Waals surface area contributed by atoms with Crippen molar-refractivity contribution in [1.82, 2.24) is 10.2 Å². The summed E-state index contributed by atoms with van der Waals surface area (Å²) in [6, 6.07) is 8.07. The maximum absolute atomic E-state index is 5.95. The zero-order valence-corrected chi connectivity index (χ0v) is 19.1. The second-order valence-corrected chi connectivity index (χ2v) is 6.43. The number of nitrogens with one attached hydrogen (secondary N) is 1. The third-order valence-electron chi connectivity index (χ3n) is 4.47. The molecule has 0 amide bonds. The van der Waals surface area contributed by atoms with Crippen molar-refractivity contribution in [2.45, 2.75) is 38.8 Å². The highest BCUT2D eigenvalue weighted by Crippen LogP contribution is 2.16. The Morgan fingerprint density at radius 2 is 2.00 bits per heavy atom. The van der Waals surface area contributed by atoms with Crippen molar-refractivity contribution in [1.29, 1.82) is 0 Å². The Balaban J connectivity index is 0.00000364. The predicted molar refractivity (Wildman–Crippen MR) is 120 cm³/mol. The first-order valence-corrected chi connectivity index (χ1v) is 9.53. The molecule has 1 aromatic rings. The van der Waals surface area contributed by atoms with E-state index in [2.05, 4.69) is 23.2 Å². The summed E-state index contributed by atoms with van der Waals surface area (Å²) in [5, 5.41) is 3.41. The molecule has 1 heterocycles. The number of rotatable bonds is 9. The van der Waals surface area contributed by atoms with Crippen LogP contribution in [0.5, 0.6) is 5.75 Å². The molecule has 154 valence electrons. The van der Waals surface area contributed by atoms with E-state index in [-0.39, 0.29) is 24.0 Å². The molecule has 0 saturated carbocycles. The standard InChI is InChI=1S/C20H33N3O3.HI/c1-4-21-20(22-16-17-7-5-8-19(15-17)25-3)23-11-9-18(10-12-23)26-14-6-13-24-2;/h5,7-8,15,18H,4,6,9-14,16H2,1-3H3,(H,21,22);1H. The number of aliphatic imine (C=N–C) groups is 1. The van der Waals surface area contributed by atoms with Crippen molar-refractivity contribution in [3.8, 4) is 5.75 Å². The first-order valence-electron chi connectivity index (χ1n) is 9.53. The molecule has 6 nitrogen and oxygen atoms in total. The normalized spacial score (nSPS) is 15.4. The van der Waals surface area contributed by atoms with Crippen LogP contribution in [-0.2, 0) is 16.0 Å². The summed E-state index contributed by atoms with van der Waals surface area (Å²) >= 11 is 0. The van der Waals surface area contributed by atoms with Crippen LogP contribution in [0.15, 0.2) is 29.3 Å². The molecule has 0 spiro atoms. The summed E-state index contributed by atoms with van der Waals surface area (Å²) in [6.07, 6.45) is 3.39.